The third-order valence-electron chi connectivity index (χ3n) is 5.47. The van der Waals surface area contributed by atoms with E-state index in [0.29, 0.717) is 18.7 Å². The fraction of sp³-hybridized carbons (Fsp3) is 0.429. The van der Waals surface area contributed by atoms with Gasteiger partial charge in [-0.1, -0.05) is 42.8 Å². The van der Waals surface area contributed by atoms with Crippen LogP contribution in [0.15, 0.2) is 45.4 Å². The maximum Gasteiger partial charge on any atom is 0.348 e. The highest BCUT2D eigenvalue weighted by atomic mass is 79.9. The number of carbonyl (C=O) groups excluding carboxylic acids is 1. The molecule has 0 spiro atoms. The number of anilines is 2. The van der Waals surface area contributed by atoms with Crippen LogP contribution in [0.3, 0.4) is 0 Å². The lowest BCUT2D eigenvalue weighted by Crippen LogP contribution is -2.44. The van der Waals surface area contributed by atoms with Gasteiger partial charge in [0.2, 0.25) is 10.9 Å². The van der Waals surface area contributed by atoms with Crippen LogP contribution < -0.4 is 15.3 Å². The average Bonchev–Trinajstić information content (AvgIpc) is 3.00. The van der Waals surface area contributed by atoms with Gasteiger partial charge < -0.3 is 19.8 Å². The van der Waals surface area contributed by atoms with Crippen molar-refractivity contribution in [1.82, 2.24) is 4.90 Å². The number of amides is 1. The van der Waals surface area contributed by atoms with Crippen LogP contribution >= 0.6 is 23.4 Å². The van der Waals surface area contributed by atoms with Gasteiger partial charge in [0.25, 0.3) is 5.91 Å². The number of hydrogen-bond donors (Lipinski definition) is 4. The topological polar surface area (TPSA) is 137 Å². The molecule has 1 aromatic rings. The van der Waals surface area contributed by atoms with Gasteiger partial charge in [-0.3, -0.25) is 14.1 Å². The number of aliphatic hydroxyl groups excluding tert-OH is 1. The third kappa shape index (κ3) is 5.25. The number of rotatable bonds is 8. The standard InChI is InChI=1S/C21H28BrN4O6PS/c1-21(2,3)18-17(27)16(20(28)26(18)11-7-5-6-10-22)19-23-14-9-8-13(25-34(30)31)12-15(14)33(29,24-19)32-4/h6,8-10,12,18,27,34H,5,7,11H2,1-4H3,(H,23,24,29)(H,25,30,31)/b10-6-. The maximum atomic E-state index is 13.6. The quantitative estimate of drug-likeness (QED) is 0.211. The van der Waals surface area contributed by atoms with E-state index in [4.69, 9.17) is 4.52 Å². The predicted molar refractivity (Wildman–Crippen MR) is 138 cm³/mol. The first-order valence-electron chi connectivity index (χ1n) is 10.5. The van der Waals surface area contributed by atoms with Gasteiger partial charge in [0.15, 0.2) is 5.84 Å². The molecule has 0 fully saturated rings. The minimum Gasteiger partial charge on any atom is -0.509 e. The van der Waals surface area contributed by atoms with E-state index < -0.39 is 35.8 Å². The van der Waals surface area contributed by atoms with E-state index in [0.717, 1.165) is 6.42 Å². The van der Waals surface area contributed by atoms with Crippen molar-refractivity contribution >= 4 is 62.8 Å². The molecule has 10 nitrogen and oxygen atoms in total. The van der Waals surface area contributed by atoms with Crippen LogP contribution in [-0.4, -0.2) is 49.9 Å². The Morgan fingerprint density at radius 3 is 2.68 bits per heavy atom. The molecule has 2 aliphatic heterocycles. The van der Waals surface area contributed by atoms with E-state index in [2.05, 4.69) is 30.7 Å². The molecule has 0 saturated heterocycles. The Kier molecular flexibility index (Phi) is 7.96. The Bertz CT molecular complexity index is 1200. The molecule has 1 amide bonds. The van der Waals surface area contributed by atoms with Gasteiger partial charge in [-0.15, -0.1) is 0 Å². The van der Waals surface area contributed by atoms with Crippen LogP contribution in [0.4, 0.5) is 11.4 Å². The molecule has 2 atom stereocenters. The highest BCUT2D eigenvalue weighted by Gasteiger charge is 2.48. The molecule has 0 aromatic heterocycles. The number of halogens is 1. The zero-order valence-corrected chi connectivity index (χ0v) is 22.6. The lowest BCUT2D eigenvalue weighted by molar-refractivity contribution is -0.128. The number of fused-ring (bicyclic) bond motifs is 1. The number of aliphatic hydroxyl groups is 1. The Hall–Kier alpha value is -2.14. The Morgan fingerprint density at radius 1 is 1.38 bits per heavy atom. The summed E-state index contributed by atoms with van der Waals surface area (Å²) in [6.07, 6.45) is 3.38. The molecule has 34 heavy (non-hydrogen) atoms. The number of allylic oxidation sites excluding steroid dienone is 1. The summed E-state index contributed by atoms with van der Waals surface area (Å²) in [6.45, 7) is 6.20. The third-order valence-corrected chi connectivity index (χ3v) is 8.22. The summed E-state index contributed by atoms with van der Waals surface area (Å²) in [6, 6.07) is 3.77. The molecule has 13 heteroatoms. The number of hydrogen-bond acceptors (Lipinski definition) is 7. The van der Waals surface area contributed by atoms with Crippen molar-refractivity contribution in [1.29, 1.82) is 0 Å². The second-order valence-corrected chi connectivity index (χ2v) is 12.3. The Labute approximate surface area is 208 Å². The number of amidine groups is 1. The van der Waals surface area contributed by atoms with Crippen LogP contribution in [0.2, 0.25) is 0 Å². The number of benzene rings is 1. The van der Waals surface area contributed by atoms with E-state index in [1.54, 1.807) is 9.89 Å². The van der Waals surface area contributed by atoms with Gasteiger partial charge in [-0.05, 0) is 41.4 Å². The highest BCUT2D eigenvalue weighted by molar-refractivity contribution is 9.11. The maximum absolute atomic E-state index is 13.6. The second-order valence-electron chi connectivity index (χ2n) is 8.91. The van der Waals surface area contributed by atoms with Crippen LogP contribution in [0.25, 0.3) is 0 Å². The minimum atomic E-state index is -3.87. The van der Waals surface area contributed by atoms with Crippen molar-refractivity contribution in [2.45, 2.75) is 39.7 Å². The van der Waals surface area contributed by atoms with E-state index >= 15 is 0 Å². The summed E-state index contributed by atoms with van der Waals surface area (Å²) in [5, 5.41) is 14.3. The normalized spacial score (nSPS) is 22.9. The van der Waals surface area contributed by atoms with Gasteiger partial charge in [0, 0.05) is 19.3 Å². The Morgan fingerprint density at radius 2 is 2.09 bits per heavy atom. The molecule has 0 bridgehead atoms. The molecule has 0 saturated carbocycles. The SMILES string of the molecule is COP1(=O)N=C(C2=C(O)C(C(C)(C)C)N(CCC/C=C\Br)C2=O)Nc2ccc(N[SH](=O)=O)cc21. The van der Waals surface area contributed by atoms with Crippen molar-refractivity contribution in [3.8, 4) is 0 Å². The zero-order valence-electron chi connectivity index (χ0n) is 19.2. The fourth-order valence-corrected chi connectivity index (χ4v) is 6.21. The largest absolute Gasteiger partial charge is 0.509 e. The molecule has 2 aliphatic rings. The zero-order chi connectivity index (χ0) is 25.3. The molecule has 0 radical (unpaired) electrons. The number of carbonyl (C=O) groups is 1. The van der Waals surface area contributed by atoms with Gasteiger partial charge >= 0.3 is 7.52 Å². The summed E-state index contributed by atoms with van der Waals surface area (Å²) in [7, 11) is -5.57. The number of nitrogens with zero attached hydrogens (tertiary/aromatic N) is 2. The number of nitrogens with one attached hydrogen (secondary N) is 2. The Balaban J connectivity index is 2.04. The molecule has 1 aromatic carbocycles. The van der Waals surface area contributed by atoms with Crippen molar-refractivity contribution in [2.75, 3.05) is 23.7 Å². The summed E-state index contributed by atoms with van der Waals surface area (Å²) < 4.78 is 47.3. The summed E-state index contributed by atoms with van der Waals surface area (Å²) >= 11 is 3.23. The highest BCUT2D eigenvalue weighted by Crippen LogP contribution is 2.52. The fourth-order valence-electron chi connectivity index (χ4n) is 4.06. The lowest BCUT2D eigenvalue weighted by atomic mass is 9.85. The second kappa shape index (κ2) is 10.2. The van der Waals surface area contributed by atoms with E-state index in [9.17, 15) is 22.9 Å². The smallest absolute Gasteiger partial charge is 0.348 e. The average molecular weight is 575 g/mol. The monoisotopic (exact) mass is 574 g/mol. The molecule has 3 N–H and O–H groups in total. The minimum absolute atomic E-state index is 0.0482. The van der Waals surface area contributed by atoms with Crippen molar-refractivity contribution in [2.24, 2.45) is 10.2 Å². The molecule has 0 aliphatic carbocycles. The van der Waals surface area contributed by atoms with Gasteiger partial charge in [0.1, 0.15) is 11.3 Å². The first-order chi connectivity index (χ1) is 15.9. The molecule has 186 valence electrons. The first kappa shape index (κ1) is 26.5. The molecule has 2 heterocycles. The number of thiol groups is 1. The predicted octanol–water partition coefficient (Wildman–Crippen LogP) is 3.67. The van der Waals surface area contributed by atoms with Crippen molar-refractivity contribution < 1.29 is 27.4 Å². The van der Waals surface area contributed by atoms with E-state index in [-0.39, 0.29) is 28.2 Å². The summed E-state index contributed by atoms with van der Waals surface area (Å²) in [5.41, 5.74) is 0.00968. The van der Waals surface area contributed by atoms with Crippen LogP contribution in [0, 0.1) is 5.41 Å². The lowest BCUT2D eigenvalue weighted by Gasteiger charge is -2.35. The molecule has 2 unspecified atom stereocenters. The molecular formula is C21H28BrN4O6PS. The van der Waals surface area contributed by atoms with E-state index in [1.165, 1.54) is 25.3 Å². The van der Waals surface area contributed by atoms with Crippen LogP contribution in [0.5, 0.6) is 0 Å². The van der Waals surface area contributed by atoms with Crippen LogP contribution in [0.1, 0.15) is 33.6 Å². The van der Waals surface area contributed by atoms with Gasteiger partial charge in [-0.25, -0.2) is 8.42 Å². The summed E-state index contributed by atoms with van der Waals surface area (Å²) in [5.74, 6) is -0.611. The van der Waals surface area contributed by atoms with Crippen molar-refractivity contribution in [3.05, 3.63) is 40.6 Å². The first-order valence-corrected chi connectivity index (χ1v) is 14.2. The van der Waals surface area contributed by atoms with Gasteiger partial charge in [0.05, 0.1) is 17.0 Å². The van der Waals surface area contributed by atoms with Crippen LogP contribution in [-0.2, 0) is 24.8 Å². The number of unbranched alkanes of at least 4 members (excludes halogenated alkanes) is 1. The van der Waals surface area contributed by atoms with Crippen molar-refractivity contribution in [3.63, 3.8) is 0 Å². The molecular weight excluding hydrogens is 547 g/mol. The summed E-state index contributed by atoms with van der Waals surface area (Å²) in [4.78, 5) is 16.8. The molecule has 3 rings (SSSR count). The van der Waals surface area contributed by atoms with Gasteiger partial charge in [-0.2, -0.15) is 4.76 Å². The van der Waals surface area contributed by atoms with E-state index in [1.807, 2.05) is 26.8 Å².